The molecular weight excluding hydrogens is 418 g/mol. The van der Waals surface area contributed by atoms with Crippen molar-refractivity contribution in [1.29, 1.82) is 0 Å². The van der Waals surface area contributed by atoms with Crippen molar-refractivity contribution in [2.75, 3.05) is 20.7 Å². The number of aromatic nitrogens is 1. The molecule has 2 bridgehead atoms. The third-order valence-corrected chi connectivity index (χ3v) is 9.46. The maximum atomic E-state index is 11.6. The van der Waals surface area contributed by atoms with Crippen molar-refractivity contribution in [2.24, 2.45) is 12.5 Å². The number of nitrogens with zero attached hydrogens (tertiary/aromatic N) is 3. The van der Waals surface area contributed by atoms with Gasteiger partial charge >= 0.3 is 0 Å². The van der Waals surface area contributed by atoms with Crippen LogP contribution in [0.3, 0.4) is 0 Å². The first-order chi connectivity index (χ1) is 15.8. The lowest BCUT2D eigenvalue weighted by Gasteiger charge is -2.64. The topological polar surface area (TPSA) is 69.8 Å². The first kappa shape index (κ1) is 19.4. The number of nitro groups is 1. The van der Waals surface area contributed by atoms with E-state index in [4.69, 9.17) is 9.47 Å². The molecule has 7 heteroatoms. The van der Waals surface area contributed by atoms with E-state index >= 15 is 0 Å². The molecular formula is C26H27N3O4. The number of rotatable bonds is 2. The highest BCUT2D eigenvalue weighted by molar-refractivity contribution is 5.89. The van der Waals surface area contributed by atoms with Gasteiger partial charge in [0.25, 0.3) is 5.69 Å². The van der Waals surface area contributed by atoms with E-state index in [-0.39, 0.29) is 27.5 Å². The fourth-order valence-electron chi connectivity index (χ4n) is 7.99. The summed E-state index contributed by atoms with van der Waals surface area (Å²) in [4.78, 5) is 13.8. The fraction of sp³-hybridized carbons (Fsp3) is 0.462. The summed E-state index contributed by atoms with van der Waals surface area (Å²) in [5.41, 5.74) is 6.07. The van der Waals surface area contributed by atoms with Gasteiger partial charge in [-0.25, -0.2) is 0 Å². The summed E-state index contributed by atoms with van der Waals surface area (Å²) in [7, 11) is 6.03. The Hall–Kier alpha value is -3.06. The lowest BCUT2D eigenvalue weighted by atomic mass is 9.44. The number of hydrogen-bond acceptors (Lipinski definition) is 5. The van der Waals surface area contributed by atoms with E-state index < -0.39 is 0 Å². The van der Waals surface area contributed by atoms with Gasteiger partial charge in [0.1, 0.15) is 6.10 Å². The molecule has 1 aromatic heterocycles. The maximum Gasteiger partial charge on any atom is 0.270 e. The number of aryl methyl sites for hydroxylation is 1. The molecule has 4 aliphatic rings. The van der Waals surface area contributed by atoms with E-state index in [1.54, 1.807) is 19.2 Å². The molecule has 33 heavy (non-hydrogen) atoms. The van der Waals surface area contributed by atoms with Gasteiger partial charge in [0.15, 0.2) is 11.5 Å². The predicted octanol–water partition coefficient (Wildman–Crippen LogP) is 4.29. The van der Waals surface area contributed by atoms with E-state index in [1.165, 1.54) is 16.7 Å². The highest BCUT2D eigenvalue weighted by atomic mass is 16.6. The van der Waals surface area contributed by atoms with Crippen molar-refractivity contribution in [1.82, 2.24) is 9.47 Å². The minimum atomic E-state index is -0.299. The van der Waals surface area contributed by atoms with Crippen LogP contribution in [0.25, 0.3) is 10.9 Å². The Morgan fingerprint density at radius 2 is 2.06 bits per heavy atom. The third kappa shape index (κ3) is 1.98. The van der Waals surface area contributed by atoms with Crippen LogP contribution in [0.5, 0.6) is 11.5 Å². The van der Waals surface area contributed by atoms with Gasteiger partial charge in [-0.1, -0.05) is 13.0 Å². The number of benzene rings is 2. The molecule has 2 aromatic carbocycles. The largest absolute Gasteiger partial charge is 0.493 e. The summed E-state index contributed by atoms with van der Waals surface area (Å²) in [6.07, 6.45) is 2.75. The molecule has 1 saturated heterocycles. The Labute approximate surface area is 192 Å². The number of fused-ring (bicyclic) bond motifs is 4. The summed E-state index contributed by atoms with van der Waals surface area (Å²) >= 11 is 0. The fourth-order valence-corrected chi connectivity index (χ4v) is 7.99. The summed E-state index contributed by atoms with van der Waals surface area (Å²) < 4.78 is 14.9. The number of ether oxygens (including phenoxy) is 2. The van der Waals surface area contributed by atoms with E-state index in [1.807, 2.05) is 12.1 Å². The highest BCUT2D eigenvalue weighted by Crippen LogP contribution is 2.72. The molecule has 3 heterocycles. The van der Waals surface area contributed by atoms with Gasteiger partial charge in [-0.15, -0.1) is 0 Å². The molecule has 2 aliphatic heterocycles. The van der Waals surface area contributed by atoms with Gasteiger partial charge in [0.05, 0.1) is 23.1 Å². The van der Waals surface area contributed by atoms with Crippen LogP contribution in [0.1, 0.15) is 41.8 Å². The van der Waals surface area contributed by atoms with Crippen molar-refractivity contribution in [2.45, 2.75) is 43.7 Å². The summed E-state index contributed by atoms with van der Waals surface area (Å²) in [5.74, 6) is 1.70. The summed E-state index contributed by atoms with van der Waals surface area (Å²) in [5, 5.41) is 12.5. The van der Waals surface area contributed by atoms with E-state index in [9.17, 15) is 10.1 Å². The number of likely N-dealkylation sites (N-methyl/N-ethyl adjacent to an activating group) is 1. The van der Waals surface area contributed by atoms with Crippen molar-refractivity contribution in [3.05, 3.63) is 62.8 Å². The van der Waals surface area contributed by atoms with Crippen molar-refractivity contribution in [3.8, 4) is 11.5 Å². The van der Waals surface area contributed by atoms with Gasteiger partial charge in [0.2, 0.25) is 0 Å². The Bertz CT molecular complexity index is 1390. The zero-order valence-electron chi connectivity index (χ0n) is 19.3. The van der Waals surface area contributed by atoms with Crippen LogP contribution in [0.15, 0.2) is 30.3 Å². The van der Waals surface area contributed by atoms with Crippen molar-refractivity contribution < 1.29 is 14.4 Å². The molecule has 0 radical (unpaired) electrons. The van der Waals surface area contributed by atoms with Gasteiger partial charge < -0.3 is 18.9 Å². The van der Waals surface area contributed by atoms with Crippen LogP contribution in [0, 0.1) is 15.5 Å². The van der Waals surface area contributed by atoms with Crippen LogP contribution in [-0.4, -0.2) is 41.1 Å². The Morgan fingerprint density at radius 1 is 1.24 bits per heavy atom. The number of likely N-dealkylation sites (tertiary alicyclic amines) is 1. The lowest BCUT2D eigenvalue weighted by Crippen LogP contribution is -2.68. The molecule has 3 aromatic rings. The predicted molar refractivity (Wildman–Crippen MR) is 124 cm³/mol. The van der Waals surface area contributed by atoms with Crippen LogP contribution >= 0.6 is 0 Å². The third-order valence-electron chi connectivity index (χ3n) is 9.46. The standard InChI is InChI=1S/C26H27N3O4/c1-25-13-17-16-12-15(29(30)31)6-7-18(16)28(3)22(17)24-26(25)9-10-27(2)20(25)11-14-5-8-19(32-4)23(33-24)21(14)26/h5-8,12,20,24H,9-11,13H2,1-4H3. The number of hydrogen-bond donors (Lipinski definition) is 0. The number of nitro benzene ring substituents is 1. The Balaban J connectivity index is 1.59. The molecule has 4 unspecified atom stereocenters. The second-order valence-electron chi connectivity index (χ2n) is 10.5. The molecule has 1 fully saturated rings. The monoisotopic (exact) mass is 445 g/mol. The summed E-state index contributed by atoms with van der Waals surface area (Å²) in [6.45, 7) is 3.46. The number of piperidine rings is 1. The normalized spacial score (nSPS) is 31.2. The first-order valence-corrected chi connectivity index (χ1v) is 11.6. The lowest BCUT2D eigenvalue weighted by molar-refractivity contribution is -0.384. The van der Waals surface area contributed by atoms with Crippen molar-refractivity contribution in [3.63, 3.8) is 0 Å². The Kier molecular flexibility index (Phi) is 3.46. The SMILES string of the molecule is COc1ccc2c3c1OC1c4c(c5cc([N+](=O)[O-])ccc5n4C)CC4(C)C(C2)N(C)CCC314. The van der Waals surface area contributed by atoms with Crippen LogP contribution in [-0.2, 0) is 25.3 Å². The van der Waals surface area contributed by atoms with E-state index in [0.29, 0.717) is 6.04 Å². The van der Waals surface area contributed by atoms with Crippen LogP contribution in [0.2, 0.25) is 0 Å². The van der Waals surface area contributed by atoms with Crippen LogP contribution in [0.4, 0.5) is 5.69 Å². The first-order valence-electron chi connectivity index (χ1n) is 11.6. The number of non-ortho nitro benzene ring substituents is 1. The second-order valence-corrected chi connectivity index (χ2v) is 10.5. The zero-order valence-corrected chi connectivity index (χ0v) is 19.3. The molecule has 2 aliphatic carbocycles. The summed E-state index contributed by atoms with van der Waals surface area (Å²) in [6, 6.07) is 9.92. The molecule has 7 rings (SSSR count). The average Bonchev–Trinajstić information content (AvgIpc) is 3.28. The molecule has 0 saturated carbocycles. The molecule has 4 atom stereocenters. The molecule has 0 N–H and O–H groups in total. The minimum Gasteiger partial charge on any atom is -0.493 e. The van der Waals surface area contributed by atoms with E-state index in [2.05, 4.69) is 36.6 Å². The van der Waals surface area contributed by atoms with Gasteiger partial charge in [-0.05, 0) is 56.1 Å². The van der Waals surface area contributed by atoms with Gasteiger partial charge in [-0.2, -0.15) is 0 Å². The van der Waals surface area contributed by atoms with Gasteiger partial charge in [0, 0.05) is 47.1 Å². The van der Waals surface area contributed by atoms with Gasteiger partial charge in [-0.3, -0.25) is 10.1 Å². The van der Waals surface area contributed by atoms with Crippen LogP contribution < -0.4 is 9.47 Å². The molecule has 0 amide bonds. The average molecular weight is 446 g/mol. The molecule has 170 valence electrons. The highest BCUT2D eigenvalue weighted by Gasteiger charge is 2.70. The Morgan fingerprint density at radius 3 is 2.82 bits per heavy atom. The zero-order chi connectivity index (χ0) is 22.9. The molecule has 7 nitrogen and oxygen atoms in total. The smallest absolute Gasteiger partial charge is 0.270 e. The van der Waals surface area contributed by atoms with E-state index in [0.717, 1.165) is 53.9 Å². The van der Waals surface area contributed by atoms with Crippen molar-refractivity contribution >= 4 is 16.6 Å². The maximum absolute atomic E-state index is 11.6. The minimum absolute atomic E-state index is 0.0544. The second kappa shape index (κ2) is 5.89. The quantitative estimate of drug-likeness (QED) is 0.435. The number of methoxy groups -OCH3 is 1. The molecule has 1 spiro atoms.